The van der Waals surface area contributed by atoms with Crippen LogP contribution in [0.2, 0.25) is 0 Å². The summed E-state index contributed by atoms with van der Waals surface area (Å²) in [6.07, 6.45) is 6.12. The van der Waals surface area contributed by atoms with E-state index >= 15 is 0 Å². The summed E-state index contributed by atoms with van der Waals surface area (Å²) in [5, 5.41) is 13.1. The molecule has 2 aromatic rings. The highest BCUT2D eigenvalue weighted by Crippen LogP contribution is 2.36. The van der Waals surface area contributed by atoms with Crippen LogP contribution in [0.15, 0.2) is 23.1 Å². The number of rotatable bonds is 12. The number of nitrogens with zero attached hydrogens (tertiary/aromatic N) is 2. The molecule has 1 aliphatic rings. The maximum atomic E-state index is 12.7. The van der Waals surface area contributed by atoms with E-state index in [-0.39, 0.29) is 11.7 Å². The lowest BCUT2D eigenvalue weighted by Gasteiger charge is -2.20. The van der Waals surface area contributed by atoms with E-state index in [0.29, 0.717) is 12.1 Å². The number of carboxylic acid groups (broad SMARTS) is 1. The molecule has 0 atom stereocenters. The van der Waals surface area contributed by atoms with Crippen molar-refractivity contribution in [3.8, 4) is 0 Å². The number of benzene rings is 1. The van der Waals surface area contributed by atoms with Gasteiger partial charge in [0.15, 0.2) is 0 Å². The van der Waals surface area contributed by atoms with Crippen molar-refractivity contribution in [1.29, 1.82) is 0 Å². The number of carbonyl (C=O) groups excluding carboxylic acids is 1. The van der Waals surface area contributed by atoms with Gasteiger partial charge in [0.1, 0.15) is 0 Å². The Labute approximate surface area is 188 Å². The molecular formula is C24H33N3O3S. The van der Waals surface area contributed by atoms with Gasteiger partial charge < -0.3 is 15.3 Å². The number of amides is 1. The van der Waals surface area contributed by atoms with E-state index in [1.807, 2.05) is 18.2 Å². The van der Waals surface area contributed by atoms with Gasteiger partial charge in [-0.2, -0.15) is 0 Å². The maximum absolute atomic E-state index is 12.7. The van der Waals surface area contributed by atoms with E-state index in [1.165, 1.54) is 17.3 Å². The number of hydrogen-bond donors (Lipinski definition) is 2. The molecule has 1 heterocycles. The third-order valence-corrected chi connectivity index (χ3v) is 6.73. The fourth-order valence-corrected chi connectivity index (χ4v) is 5.22. The fourth-order valence-electron chi connectivity index (χ4n) is 4.23. The predicted octanol–water partition coefficient (Wildman–Crippen LogP) is 4.14. The Morgan fingerprint density at radius 3 is 2.65 bits per heavy atom. The average Bonchev–Trinajstić information content (AvgIpc) is 3.22. The number of aliphatic carboxylic acids is 1. The summed E-state index contributed by atoms with van der Waals surface area (Å²) in [5.41, 5.74) is 3.61. The summed E-state index contributed by atoms with van der Waals surface area (Å²) >= 11 is 1.36. The van der Waals surface area contributed by atoms with E-state index in [0.717, 1.165) is 79.7 Å². The van der Waals surface area contributed by atoms with E-state index in [9.17, 15) is 9.59 Å². The van der Waals surface area contributed by atoms with Crippen molar-refractivity contribution in [3.05, 3.63) is 35.0 Å². The van der Waals surface area contributed by atoms with Gasteiger partial charge in [0.25, 0.3) is 5.91 Å². The van der Waals surface area contributed by atoms with E-state index in [1.54, 1.807) is 0 Å². The van der Waals surface area contributed by atoms with Gasteiger partial charge in [-0.1, -0.05) is 19.9 Å². The van der Waals surface area contributed by atoms with E-state index in [4.69, 9.17) is 10.1 Å². The first kappa shape index (κ1) is 23.5. The molecule has 1 aromatic carbocycles. The zero-order valence-corrected chi connectivity index (χ0v) is 19.4. The third kappa shape index (κ3) is 6.20. The summed E-state index contributed by atoms with van der Waals surface area (Å²) in [6, 6.07) is 5.59. The van der Waals surface area contributed by atoms with Crippen molar-refractivity contribution in [2.45, 2.75) is 57.3 Å². The highest BCUT2D eigenvalue weighted by atomic mass is 32.2. The molecule has 0 fully saturated rings. The van der Waals surface area contributed by atoms with Crippen molar-refractivity contribution in [1.82, 2.24) is 15.2 Å². The lowest BCUT2D eigenvalue weighted by molar-refractivity contribution is -0.133. The smallest absolute Gasteiger partial charge is 0.313 e. The Bertz CT molecular complexity index is 926. The molecule has 168 valence electrons. The molecule has 6 nitrogen and oxygen atoms in total. The van der Waals surface area contributed by atoms with Crippen LogP contribution in [0.25, 0.3) is 10.9 Å². The largest absolute Gasteiger partial charge is 0.481 e. The van der Waals surface area contributed by atoms with Gasteiger partial charge in [-0.25, -0.2) is 0 Å². The number of pyridine rings is 1. The molecule has 3 rings (SSSR count). The van der Waals surface area contributed by atoms with Crippen LogP contribution >= 0.6 is 11.8 Å². The number of thioether (sulfide) groups is 1. The molecule has 2 N–H and O–H groups in total. The van der Waals surface area contributed by atoms with Gasteiger partial charge >= 0.3 is 5.97 Å². The summed E-state index contributed by atoms with van der Waals surface area (Å²) < 4.78 is 0. The Morgan fingerprint density at radius 1 is 1.16 bits per heavy atom. The lowest BCUT2D eigenvalue weighted by Crippen LogP contribution is -2.31. The Morgan fingerprint density at radius 2 is 1.94 bits per heavy atom. The molecule has 1 aliphatic carbocycles. The second-order valence-electron chi connectivity index (χ2n) is 8.09. The van der Waals surface area contributed by atoms with Crippen LogP contribution in [0.4, 0.5) is 0 Å². The molecular weight excluding hydrogens is 410 g/mol. The topological polar surface area (TPSA) is 82.5 Å². The zero-order chi connectivity index (χ0) is 22.2. The van der Waals surface area contributed by atoms with Crippen LogP contribution in [0, 0.1) is 0 Å². The first-order chi connectivity index (χ1) is 15.0. The number of aromatic nitrogens is 1. The minimum Gasteiger partial charge on any atom is -0.481 e. The van der Waals surface area contributed by atoms with Crippen molar-refractivity contribution in [3.63, 3.8) is 0 Å². The summed E-state index contributed by atoms with van der Waals surface area (Å²) in [7, 11) is 0. The molecule has 0 aliphatic heterocycles. The second kappa shape index (κ2) is 11.5. The van der Waals surface area contributed by atoms with Crippen molar-refractivity contribution >= 4 is 34.5 Å². The van der Waals surface area contributed by atoms with Crippen LogP contribution in [0.3, 0.4) is 0 Å². The van der Waals surface area contributed by atoms with Crippen molar-refractivity contribution < 1.29 is 14.7 Å². The lowest BCUT2D eigenvalue weighted by atomic mass is 10.1. The minimum atomic E-state index is -0.825. The first-order valence-corrected chi connectivity index (χ1v) is 12.3. The zero-order valence-electron chi connectivity index (χ0n) is 18.6. The van der Waals surface area contributed by atoms with Crippen LogP contribution in [-0.2, 0) is 17.6 Å². The first-order valence-electron chi connectivity index (χ1n) is 11.3. The number of hydrogen-bond acceptors (Lipinski definition) is 5. The van der Waals surface area contributed by atoms with Gasteiger partial charge in [-0.05, 0) is 75.9 Å². The van der Waals surface area contributed by atoms with Crippen LogP contribution in [-0.4, -0.2) is 58.8 Å². The molecule has 0 spiro atoms. The van der Waals surface area contributed by atoms with E-state index < -0.39 is 5.97 Å². The molecule has 0 bridgehead atoms. The fraction of sp³-hybridized carbons (Fsp3) is 0.542. The normalized spacial score (nSPS) is 13.0. The standard InChI is InChI=1S/C24H33N3O3S/c1-3-12-27(13-4-2)14-6-11-25-24(30)17-9-10-19-21(15-17)26-20-8-5-7-18(20)23(19)31-16-22(28)29/h9-10,15H,3-8,11-14,16H2,1-2H3,(H,25,30)(H,28,29). The molecule has 0 saturated heterocycles. The van der Waals surface area contributed by atoms with E-state index in [2.05, 4.69) is 24.1 Å². The monoisotopic (exact) mass is 443 g/mol. The Kier molecular flexibility index (Phi) is 8.72. The molecule has 0 saturated carbocycles. The number of fused-ring (bicyclic) bond motifs is 2. The molecule has 0 unspecified atom stereocenters. The minimum absolute atomic E-state index is 0.0286. The number of carboxylic acids is 1. The van der Waals surface area contributed by atoms with Crippen LogP contribution in [0.5, 0.6) is 0 Å². The SMILES string of the molecule is CCCN(CCC)CCCNC(=O)c1ccc2c(SCC(=O)O)c3c(nc2c1)CCC3. The van der Waals surface area contributed by atoms with Gasteiger partial charge in [0.2, 0.25) is 0 Å². The summed E-state index contributed by atoms with van der Waals surface area (Å²) in [5.74, 6) is -0.878. The number of aryl methyl sites for hydroxylation is 1. The van der Waals surface area contributed by atoms with Gasteiger partial charge in [0.05, 0.1) is 11.3 Å². The predicted molar refractivity (Wildman–Crippen MR) is 126 cm³/mol. The Balaban J connectivity index is 1.68. The van der Waals surface area contributed by atoms with Crippen LogP contribution < -0.4 is 5.32 Å². The van der Waals surface area contributed by atoms with Gasteiger partial charge in [0, 0.05) is 28.1 Å². The summed E-state index contributed by atoms with van der Waals surface area (Å²) in [4.78, 5) is 32.0. The van der Waals surface area contributed by atoms with Crippen LogP contribution in [0.1, 0.15) is 61.1 Å². The molecule has 7 heteroatoms. The third-order valence-electron chi connectivity index (χ3n) is 5.58. The number of nitrogens with one attached hydrogen (secondary N) is 1. The van der Waals surface area contributed by atoms with Gasteiger partial charge in [-0.15, -0.1) is 11.8 Å². The highest BCUT2D eigenvalue weighted by molar-refractivity contribution is 8.00. The number of carbonyl (C=O) groups is 2. The maximum Gasteiger partial charge on any atom is 0.313 e. The quantitative estimate of drug-likeness (QED) is 0.379. The van der Waals surface area contributed by atoms with Crippen molar-refractivity contribution in [2.75, 3.05) is 31.9 Å². The molecule has 1 amide bonds. The Hall–Kier alpha value is -2.12. The molecule has 1 aromatic heterocycles. The average molecular weight is 444 g/mol. The summed E-state index contributed by atoms with van der Waals surface area (Å²) in [6.45, 7) is 8.24. The molecule has 31 heavy (non-hydrogen) atoms. The van der Waals surface area contributed by atoms with Crippen molar-refractivity contribution in [2.24, 2.45) is 0 Å². The second-order valence-corrected chi connectivity index (χ2v) is 9.07. The van der Waals surface area contributed by atoms with Gasteiger partial charge in [-0.3, -0.25) is 14.6 Å². The highest BCUT2D eigenvalue weighted by Gasteiger charge is 2.21. The molecule has 0 radical (unpaired) electrons.